The summed E-state index contributed by atoms with van der Waals surface area (Å²) in [5.41, 5.74) is -0.509. The van der Waals surface area contributed by atoms with Crippen molar-refractivity contribution in [2.45, 2.75) is 83.8 Å². The highest BCUT2D eigenvalue weighted by atomic mass is 16.6. The Bertz CT molecular complexity index is 455. The molecule has 0 radical (unpaired) electrons. The summed E-state index contributed by atoms with van der Waals surface area (Å²) in [6, 6.07) is 0. The largest absolute Gasteiger partial charge is 0.444 e. The molecule has 0 bridgehead atoms. The van der Waals surface area contributed by atoms with Crippen molar-refractivity contribution >= 4 is 12.0 Å². The predicted molar refractivity (Wildman–Crippen MR) is 101 cm³/mol. The maximum absolute atomic E-state index is 12.4. The van der Waals surface area contributed by atoms with Gasteiger partial charge in [0.05, 0.1) is 12.0 Å². The molecular formula is C20H36N2O4. The molecule has 2 aliphatic rings. The van der Waals surface area contributed by atoms with Gasteiger partial charge in [0.25, 0.3) is 0 Å². The second-order valence-corrected chi connectivity index (χ2v) is 8.54. The summed E-state index contributed by atoms with van der Waals surface area (Å²) in [6.07, 6.45) is 8.82. The van der Waals surface area contributed by atoms with E-state index in [1.807, 2.05) is 20.8 Å². The summed E-state index contributed by atoms with van der Waals surface area (Å²) in [5, 5.41) is 3.00. The van der Waals surface area contributed by atoms with Crippen LogP contribution in [-0.2, 0) is 14.3 Å². The van der Waals surface area contributed by atoms with E-state index in [4.69, 9.17) is 9.47 Å². The van der Waals surface area contributed by atoms with Gasteiger partial charge in [-0.15, -0.1) is 0 Å². The van der Waals surface area contributed by atoms with Crippen LogP contribution < -0.4 is 5.32 Å². The molecule has 1 heterocycles. The molecule has 2 rings (SSSR count). The number of nitrogens with zero attached hydrogens (tertiary/aromatic N) is 1. The molecule has 2 fully saturated rings. The van der Waals surface area contributed by atoms with Crippen LogP contribution >= 0.6 is 0 Å². The molecule has 0 aromatic carbocycles. The average molecular weight is 369 g/mol. The van der Waals surface area contributed by atoms with Crippen molar-refractivity contribution in [3.63, 3.8) is 0 Å². The number of ether oxygens (including phenoxy) is 2. The standard InChI is InChI=1S/C20H36N2O4/c1-20(2,3)26-19(24)22-13-7-9-16(15-22)18(23)21-12-8-14-25-17-10-5-4-6-11-17/h16-17H,4-15H2,1-3H3,(H,21,23)/t16-/m1/s1. The molecule has 150 valence electrons. The summed E-state index contributed by atoms with van der Waals surface area (Å²) in [6.45, 7) is 8.01. The molecule has 1 aliphatic heterocycles. The smallest absolute Gasteiger partial charge is 0.410 e. The zero-order chi connectivity index (χ0) is 19.0. The molecule has 1 saturated heterocycles. The first-order valence-electron chi connectivity index (χ1n) is 10.2. The average Bonchev–Trinajstić information content (AvgIpc) is 2.61. The van der Waals surface area contributed by atoms with Gasteiger partial charge in [0.15, 0.2) is 0 Å². The minimum absolute atomic E-state index is 0.0379. The minimum Gasteiger partial charge on any atom is -0.444 e. The number of piperidine rings is 1. The van der Waals surface area contributed by atoms with Crippen LogP contribution in [0.5, 0.6) is 0 Å². The van der Waals surface area contributed by atoms with Crippen LogP contribution in [0.3, 0.4) is 0 Å². The Morgan fingerprint density at radius 2 is 1.81 bits per heavy atom. The Morgan fingerprint density at radius 3 is 2.50 bits per heavy atom. The second-order valence-electron chi connectivity index (χ2n) is 8.54. The van der Waals surface area contributed by atoms with Crippen molar-refractivity contribution in [1.82, 2.24) is 10.2 Å². The lowest BCUT2D eigenvalue weighted by Gasteiger charge is -2.33. The van der Waals surface area contributed by atoms with Crippen LogP contribution in [0.15, 0.2) is 0 Å². The van der Waals surface area contributed by atoms with Gasteiger partial charge >= 0.3 is 6.09 Å². The van der Waals surface area contributed by atoms with E-state index in [1.54, 1.807) is 4.90 Å². The second kappa shape index (κ2) is 10.1. The third kappa shape index (κ3) is 7.52. The predicted octanol–water partition coefficient (Wildman–Crippen LogP) is 3.49. The van der Waals surface area contributed by atoms with Gasteiger partial charge in [-0.05, 0) is 52.9 Å². The summed E-state index contributed by atoms with van der Waals surface area (Å²) < 4.78 is 11.3. The Morgan fingerprint density at radius 1 is 1.08 bits per heavy atom. The van der Waals surface area contributed by atoms with Crippen LogP contribution in [0.2, 0.25) is 0 Å². The van der Waals surface area contributed by atoms with E-state index in [0.29, 0.717) is 32.3 Å². The fourth-order valence-electron chi connectivity index (χ4n) is 3.59. The van der Waals surface area contributed by atoms with E-state index in [2.05, 4.69) is 5.32 Å². The van der Waals surface area contributed by atoms with Crippen molar-refractivity contribution in [3.8, 4) is 0 Å². The molecule has 0 unspecified atom stereocenters. The van der Waals surface area contributed by atoms with Crippen molar-refractivity contribution in [1.29, 1.82) is 0 Å². The molecule has 0 spiro atoms. The fourth-order valence-corrected chi connectivity index (χ4v) is 3.59. The number of likely N-dealkylation sites (tertiary alicyclic amines) is 1. The number of amides is 2. The molecule has 1 saturated carbocycles. The number of carbonyl (C=O) groups excluding carboxylic acids is 2. The van der Waals surface area contributed by atoms with Gasteiger partial charge in [0.2, 0.25) is 5.91 Å². The van der Waals surface area contributed by atoms with Crippen LogP contribution in [0, 0.1) is 5.92 Å². The first-order chi connectivity index (χ1) is 12.3. The first kappa shape index (κ1) is 21.0. The molecule has 26 heavy (non-hydrogen) atoms. The molecule has 1 aliphatic carbocycles. The number of nitrogens with one attached hydrogen (secondary N) is 1. The maximum atomic E-state index is 12.4. The minimum atomic E-state index is -0.509. The number of rotatable bonds is 6. The topological polar surface area (TPSA) is 67.9 Å². The third-order valence-electron chi connectivity index (χ3n) is 4.97. The van der Waals surface area contributed by atoms with E-state index in [-0.39, 0.29) is 17.9 Å². The van der Waals surface area contributed by atoms with E-state index < -0.39 is 5.60 Å². The van der Waals surface area contributed by atoms with E-state index in [9.17, 15) is 9.59 Å². The lowest BCUT2D eigenvalue weighted by Crippen LogP contribution is -2.47. The van der Waals surface area contributed by atoms with Gasteiger partial charge < -0.3 is 19.7 Å². The van der Waals surface area contributed by atoms with Crippen LogP contribution in [0.25, 0.3) is 0 Å². The number of hydrogen-bond acceptors (Lipinski definition) is 4. The van der Waals surface area contributed by atoms with Gasteiger partial charge in [-0.3, -0.25) is 4.79 Å². The van der Waals surface area contributed by atoms with Gasteiger partial charge in [0.1, 0.15) is 5.60 Å². The highest BCUT2D eigenvalue weighted by molar-refractivity contribution is 5.80. The first-order valence-corrected chi connectivity index (χ1v) is 10.2. The lowest BCUT2D eigenvalue weighted by molar-refractivity contribution is -0.126. The molecule has 1 atom stereocenters. The normalized spacial score (nSPS) is 22.1. The molecule has 0 aromatic heterocycles. The quantitative estimate of drug-likeness (QED) is 0.729. The zero-order valence-electron chi connectivity index (χ0n) is 16.7. The molecule has 0 aromatic rings. The summed E-state index contributed by atoms with van der Waals surface area (Å²) in [7, 11) is 0. The highest BCUT2D eigenvalue weighted by Gasteiger charge is 2.30. The molecule has 6 heteroatoms. The Labute approximate surface area is 158 Å². The van der Waals surface area contributed by atoms with Crippen LogP contribution in [0.1, 0.15) is 72.1 Å². The Hall–Kier alpha value is -1.30. The van der Waals surface area contributed by atoms with Crippen LogP contribution in [-0.4, -0.2) is 54.8 Å². The summed E-state index contributed by atoms with van der Waals surface area (Å²) in [5.74, 6) is -0.105. The van der Waals surface area contributed by atoms with E-state index >= 15 is 0 Å². The molecule has 1 N–H and O–H groups in total. The van der Waals surface area contributed by atoms with Crippen molar-refractivity contribution in [3.05, 3.63) is 0 Å². The lowest BCUT2D eigenvalue weighted by atomic mass is 9.97. The zero-order valence-corrected chi connectivity index (χ0v) is 16.7. The van der Waals surface area contributed by atoms with Crippen LogP contribution in [0.4, 0.5) is 4.79 Å². The number of hydrogen-bond donors (Lipinski definition) is 1. The van der Waals surface area contributed by atoms with Crippen molar-refractivity contribution in [2.24, 2.45) is 5.92 Å². The Balaban J connectivity index is 1.62. The van der Waals surface area contributed by atoms with Gasteiger partial charge in [0, 0.05) is 26.2 Å². The highest BCUT2D eigenvalue weighted by Crippen LogP contribution is 2.21. The maximum Gasteiger partial charge on any atom is 0.410 e. The SMILES string of the molecule is CC(C)(C)OC(=O)N1CCC[C@@H](C(=O)NCCCOC2CCCCC2)C1. The summed E-state index contributed by atoms with van der Waals surface area (Å²) in [4.78, 5) is 26.2. The molecule has 2 amide bonds. The number of carbonyl (C=O) groups is 2. The summed E-state index contributed by atoms with van der Waals surface area (Å²) >= 11 is 0. The monoisotopic (exact) mass is 368 g/mol. The molecule has 6 nitrogen and oxygen atoms in total. The van der Waals surface area contributed by atoms with Gasteiger partial charge in [-0.1, -0.05) is 19.3 Å². The van der Waals surface area contributed by atoms with Gasteiger partial charge in [-0.25, -0.2) is 4.79 Å². The van der Waals surface area contributed by atoms with Crippen molar-refractivity contribution < 1.29 is 19.1 Å². The Kier molecular flexibility index (Phi) is 8.19. The third-order valence-corrected chi connectivity index (χ3v) is 4.97. The van der Waals surface area contributed by atoms with Crippen molar-refractivity contribution in [2.75, 3.05) is 26.2 Å². The van der Waals surface area contributed by atoms with E-state index in [0.717, 1.165) is 19.3 Å². The fraction of sp³-hybridized carbons (Fsp3) is 0.900. The van der Waals surface area contributed by atoms with E-state index in [1.165, 1.54) is 32.1 Å². The molecular weight excluding hydrogens is 332 g/mol. The van der Waals surface area contributed by atoms with Gasteiger partial charge in [-0.2, -0.15) is 0 Å².